The molecule has 0 radical (unpaired) electrons. The molecule has 0 aromatic carbocycles. The van der Waals surface area contributed by atoms with Gasteiger partial charge in [0.2, 0.25) is 0 Å². The van der Waals surface area contributed by atoms with E-state index in [2.05, 4.69) is 35.5 Å². The van der Waals surface area contributed by atoms with E-state index in [9.17, 15) is 0 Å². The average Bonchev–Trinajstić information content (AvgIpc) is 2.83. The second-order valence-electron chi connectivity index (χ2n) is 4.32. The molecule has 1 unspecified atom stereocenters. The third-order valence-corrected chi connectivity index (χ3v) is 4.21. The minimum Gasteiger partial charge on any atom is -0.312 e. The Kier molecular flexibility index (Phi) is 3.59. The Balaban J connectivity index is 2.16. The molecule has 2 heterocycles. The molecule has 0 saturated carbocycles. The van der Waals surface area contributed by atoms with E-state index in [-0.39, 0.29) is 0 Å². The maximum absolute atomic E-state index is 4.14. The number of hydrogen-bond acceptors (Lipinski definition) is 4. The highest BCUT2D eigenvalue weighted by Gasteiger charge is 2.15. The quantitative estimate of drug-likeness (QED) is 0.902. The monoisotopic (exact) mass is 250 g/mol. The third kappa shape index (κ3) is 2.73. The van der Waals surface area contributed by atoms with Crippen molar-refractivity contribution >= 4 is 11.3 Å². The molecular weight excluding hydrogens is 232 g/mol. The molecule has 2 rings (SSSR count). The highest BCUT2D eigenvalue weighted by molar-refractivity contribution is 7.12. The van der Waals surface area contributed by atoms with Gasteiger partial charge in [0.15, 0.2) is 0 Å². The lowest BCUT2D eigenvalue weighted by molar-refractivity contribution is 0.593. The van der Waals surface area contributed by atoms with Crippen LogP contribution < -0.4 is 5.32 Å². The molecule has 0 saturated heterocycles. The van der Waals surface area contributed by atoms with Crippen molar-refractivity contribution in [2.24, 2.45) is 7.05 Å². The van der Waals surface area contributed by atoms with Gasteiger partial charge < -0.3 is 5.32 Å². The molecule has 2 aromatic heterocycles. The summed E-state index contributed by atoms with van der Waals surface area (Å²) < 4.78 is 1.74. The molecule has 0 spiro atoms. The smallest absolute Gasteiger partial charge is 0.0846 e. The van der Waals surface area contributed by atoms with Crippen LogP contribution in [0.3, 0.4) is 0 Å². The second kappa shape index (κ2) is 4.98. The number of hydrogen-bond donors (Lipinski definition) is 1. The van der Waals surface area contributed by atoms with Crippen LogP contribution in [0.4, 0.5) is 0 Å². The maximum atomic E-state index is 4.14. The molecule has 5 heteroatoms. The van der Waals surface area contributed by atoms with Crippen molar-refractivity contribution in [2.45, 2.75) is 26.3 Å². The standard InChI is InChI=1S/C12H18N4S/c1-8-5-12(17-9(8)2)11(13-3)6-10-7-16(4)15-14-10/h5,7,11,13H,6H2,1-4H3. The van der Waals surface area contributed by atoms with Crippen molar-refractivity contribution in [1.29, 1.82) is 0 Å². The Labute approximate surface area is 106 Å². The lowest BCUT2D eigenvalue weighted by Gasteiger charge is -2.12. The molecule has 0 fully saturated rings. The largest absolute Gasteiger partial charge is 0.312 e. The summed E-state index contributed by atoms with van der Waals surface area (Å²) in [4.78, 5) is 2.76. The van der Waals surface area contributed by atoms with Crippen molar-refractivity contribution in [3.63, 3.8) is 0 Å². The zero-order valence-corrected chi connectivity index (χ0v) is 11.5. The molecule has 1 atom stereocenters. The topological polar surface area (TPSA) is 42.7 Å². The van der Waals surface area contributed by atoms with E-state index in [0.29, 0.717) is 6.04 Å². The molecule has 0 bridgehead atoms. The summed E-state index contributed by atoms with van der Waals surface area (Å²) >= 11 is 1.86. The summed E-state index contributed by atoms with van der Waals surface area (Å²) in [6, 6.07) is 2.58. The van der Waals surface area contributed by atoms with Crippen LogP contribution in [0, 0.1) is 13.8 Å². The first-order valence-electron chi connectivity index (χ1n) is 5.69. The van der Waals surface area contributed by atoms with E-state index in [1.54, 1.807) is 4.68 Å². The fraction of sp³-hybridized carbons (Fsp3) is 0.500. The Morgan fingerprint density at radius 3 is 2.71 bits per heavy atom. The summed E-state index contributed by atoms with van der Waals surface area (Å²) in [7, 11) is 3.88. The lowest BCUT2D eigenvalue weighted by atomic mass is 10.1. The van der Waals surface area contributed by atoms with Crippen LogP contribution in [-0.4, -0.2) is 22.0 Å². The Bertz CT molecular complexity index is 481. The van der Waals surface area contributed by atoms with E-state index < -0.39 is 0 Å². The van der Waals surface area contributed by atoms with Crippen LogP contribution in [0.25, 0.3) is 0 Å². The van der Waals surface area contributed by atoms with Crippen LogP contribution in [0.2, 0.25) is 0 Å². The Morgan fingerprint density at radius 2 is 2.24 bits per heavy atom. The highest BCUT2D eigenvalue weighted by Crippen LogP contribution is 2.28. The first-order chi connectivity index (χ1) is 8.10. The van der Waals surface area contributed by atoms with Gasteiger partial charge in [0.05, 0.1) is 5.69 Å². The summed E-state index contributed by atoms with van der Waals surface area (Å²) in [6.07, 6.45) is 2.85. The zero-order chi connectivity index (χ0) is 12.4. The molecule has 1 N–H and O–H groups in total. The summed E-state index contributed by atoms with van der Waals surface area (Å²) in [6.45, 7) is 4.32. The van der Waals surface area contributed by atoms with Crippen molar-refractivity contribution in [1.82, 2.24) is 20.3 Å². The number of aryl methyl sites for hydroxylation is 3. The Hall–Kier alpha value is -1.20. The number of nitrogens with one attached hydrogen (secondary N) is 1. The Morgan fingerprint density at radius 1 is 1.47 bits per heavy atom. The van der Waals surface area contributed by atoms with Gasteiger partial charge >= 0.3 is 0 Å². The highest BCUT2D eigenvalue weighted by atomic mass is 32.1. The van der Waals surface area contributed by atoms with Gasteiger partial charge in [0, 0.05) is 35.5 Å². The van der Waals surface area contributed by atoms with Gasteiger partial charge in [-0.05, 0) is 32.5 Å². The van der Waals surface area contributed by atoms with Gasteiger partial charge in [-0.2, -0.15) is 0 Å². The van der Waals surface area contributed by atoms with Crippen molar-refractivity contribution in [3.05, 3.63) is 33.3 Å². The molecule has 0 aliphatic rings. The molecular formula is C12H18N4S. The predicted molar refractivity (Wildman–Crippen MR) is 70.3 cm³/mol. The fourth-order valence-corrected chi connectivity index (χ4v) is 2.97. The van der Waals surface area contributed by atoms with Crippen molar-refractivity contribution in [3.8, 4) is 0 Å². The van der Waals surface area contributed by atoms with Gasteiger partial charge in [-0.25, -0.2) is 0 Å². The lowest BCUT2D eigenvalue weighted by Crippen LogP contribution is -2.17. The number of nitrogens with zero attached hydrogens (tertiary/aromatic N) is 3. The van der Waals surface area contributed by atoms with E-state index in [4.69, 9.17) is 0 Å². The first kappa shape index (κ1) is 12.3. The maximum Gasteiger partial charge on any atom is 0.0846 e. The van der Waals surface area contributed by atoms with Gasteiger partial charge in [0.25, 0.3) is 0 Å². The fourth-order valence-electron chi connectivity index (χ4n) is 1.82. The van der Waals surface area contributed by atoms with E-state index >= 15 is 0 Å². The number of aromatic nitrogens is 3. The summed E-state index contributed by atoms with van der Waals surface area (Å²) in [5, 5.41) is 11.4. The first-order valence-corrected chi connectivity index (χ1v) is 6.51. The minimum absolute atomic E-state index is 0.323. The zero-order valence-electron chi connectivity index (χ0n) is 10.7. The van der Waals surface area contributed by atoms with Crippen LogP contribution in [0.5, 0.6) is 0 Å². The van der Waals surface area contributed by atoms with Gasteiger partial charge in [-0.15, -0.1) is 16.4 Å². The number of thiophene rings is 1. The molecule has 0 amide bonds. The van der Waals surface area contributed by atoms with Crippen LogP contribution in [0.15, 0.2) is 12.3 Å². The van der Waals surface area contributed by atoms with Crippen LogP contribution in [0.1, 0.15) is 27.1 Å². The normalized spacial score (nSPS) is 12.9. The average molecular weight is 250 g/mol. The molecule has 0 aliphatic carbocycles. The van der Waals surface area contributed by atoms with Gasteiger partial charge in [-0.3, -0.25) is 4.68 Å². The van der Waals surface area contributed by atoms with Gasteiger partial charge in [0.1, 0.15) is 0 Å². The van der Waals surface area contributed by atoms with Crippen molar-refractivity contribution < 1.29 is 0 Å². The summed E-state index contributed by atoms with van der Waals surface area (Å²) in [5.74, 6) is 0. The summed E-state index contributed by atoms with van der Waals surface area (Å²) in [5.41, 5.74) is 2.39. The van der Waals surface area contributed by atoms with E-state index in [1.807, 2.05) is 31.6 Å². The molecule has 2 aromatic rings. The molecule has 92 valence electrons. The third-order valence-electron chi connectivity index (χ3n) is 2.94. The second-order valence-corrected chi connectivity index (χ2v) is 5.60. The SMILES string of the molecule is CNC(Cc1cn(C)nn1)c1cc(C)c(C)s1. The molecule has 4 nitrogen and oxygen atoms in total. The van der Waals surface area contributed by atoms with Crippen molar-refractivity contribution in [2.75, 3.05) is 7.05 Å². The van der Waals surface area contributed by atoms with Crippen LogP contribution in [-0.2, 0) is 13.5 Å². The van der Waals surface area contributed by atoms with E-state index in [1.165, 1.54) is 15.3 Å². The van der Waals surface area contributed by atoms with Crippen LogP contribution >= 0.6 is 11.3 Å². The number of likely N-dealkylation sites (N-methyl/N-ethyl adjacent to an activating group) is 1. The van der Waals surface area contributed by atoms with Gasteiger partial charge in [-0.1, -0.05) is 5.21 Å². The predicted octanol–water partition coefficient (Wildman–Crippen LogP) is 2.00. The number of rotatable bonds is 4. The van der Waals surface area contributed by atoms with E-state index in [0.717, 1.165) is 12.1 Å². The molecule has 17 heavy (non-hydrogen) atoms. The molecule has 0 aliphatic heterocycles. The minimum atomic E-state index is 0.323.